The number of hydrogen-bond donors (Lipinski definition) is 3. The van der Waals surface area contributed by atoms with Gasteiger partial charge in [-0.1, -0.05) is 364 Å². The van der Waals surface area contributed by atoms with E-state index in [2.05, 4.69) is 67.8 Å². The van der Waals surface area contributed by atoms with Crippen LogP contribution in [0.3, 0.4) is 0 Å². The van der Waals surface area contributed by atoms with Crippen molar-refractivity contribution in [3.05, 3.63) is 48.6 Å². The highest BCUT2D eigenvalue weighted by molar-refractivity contribution is 5.76. The lowest BCUT2D eigenvalue weighted by molar-refractivity contribution is -0.143. The van der Waals surface area contributed by atoms with Gasteiger partial charge in [0.1, 0.15) is 0 Å². The standard InChI is InChI=1S/C78H147NO5/c1-3-5-7-9-11-13-15-17-43-47-50-54-58-62-66-70-76(81)75(74-80)79-77(82)71-67-63-59-55-51-48-44-41-39-37-35-33-31-29-27-25-23-21-19-18-20-22-24-26-28-30-32-34-36-38-40-42-45-49-53-57-61-65-69-73-84-78(83)72-68-64-60-56-52-46-16-14-12-10-8-6-4-2/h8,10,14,16,18-19,22,24,75-76,80-81H,3-7,9,11-13,15,17,20-21,23,25-74H2,1-2H3,(H,79,82)/b10-8-,16-14-,19-18-,24-22-. The summed E-state index contributed by atoms with van der Waals surface area (Å²) in [6, 6.07) is -0.539. The summed E-state index contributed by atoms with van der Waals surface area (Å²) >= 11 is 0. The molecular formula is C78H147NO5. The Hall–Kier alpha value is -2.18. The first kappa shape index (κ1) is 81.8. The molecule has 0 saturated carbocycles. The second-order valence-corrected chi connectivity index (χ2v) is 26.0. The first-order valence-corrected chi connectivity index (χ1v) is 37.9. The molecule has 0 fully saturated rings. The van der Waals surface area contributed by atoms with E-state index >= 15 is 0 Å². The van der Waals surface area contributed by atoms with Gasteiger partial charge in [-0.3, -0.25) is 9.59 Å². The number of carbonyl (C=O) groups is 2. The molecule has 84 heavy (non-hydrogen) atoms. The molecule has 0 aliphatic rings. The van der Waals surface area contributed by atoms with Gasteiger partial charge in [0.25, 0.3) is 0 Å². The molecule has 2 atom stereocenters. The molecule has 494 valence electrons. The zero-order chi connectivity index (χ0) is 60.6. The molecule has 6 heteroatoms. The average molecular weight is 1180 g/mol. The maximum Gasteiger partial charge on any atom is 0.305 e. The van der Waals surface area contributed by atoms with Gasteiger partial charge < -0.3 is 20.3 Å². The van der Waals surface area contributed by atoms with Gasteiger partial charge in [-0.15, -0.1) is 0 Å². The van der Waals surface area contributed by atoms with Crippen LogP contribution in [0.1, 0.15) is 412 Å². The summed E-state index contributed by atoms with van der Waals surface area (Å²) in [6.07, 6.45) is 96.3. The highest BCUT2D eigenvalue weighted by Gasteiger charge is 2.20. The third-order valence-electron chi connectivity index (χ3n) is 17.6. The zero-order valence-electron chi connectivity index (χ0n) is 56.6. The predicted octanol–water partition coefficient (Wildman–Crippen LogP) is 24.8. The van der Waals surface area contributed by atoms with Gasteiger partial charge in [0.15, 0.2) is 0 Å². The fourth-order valence-electron chi connectivity index (χ4n) is 11.8. The summed E-state index contributed by atoms with van der Waals surface area (Å²) < 4.78 is 5.48. The summed E-state index contributed by atoms with van der Waals surface area (Å²) in [5.41, 5.74) is 0. The Bertz CT molecular complexity index is 1400. The van der Waals surface area contributed by atoms with E-state index in [1.54, 1.807) is 0 Å². The van der Waals surface area contributed by atoms with Crippen LogP contribution in [0.4, 0.5) is 0 Å². The van der Waals surface area contributed by atoms with Crippen molar-refractivity contribution in [1.29, 1.82) is 0 Å². The molecule has 0 saturated heterocycles. The van der Waals surface area contributed by atoms with Crippen molar-refractivity contribution >= 4 is 11.9 Å². The summed E-state index contributed by atoms with van der Waals surface area (Å²) in [6.45, 7) is 4.91. The van der Waals surface area contributed by atoms with Gasteiger partial charge in [-0.25, -0.2) is 0 Å². The van der Waals surface area contributed by atoms with Crippen LogP contribution >= 0.6 is 0 Å². The quantitative estimate of drug-likeness (QED) is 0.0320. The molecule has 0 spiro atoms. The number of amides is 1. The van der Waals surface area contributed by atoms with Gasteiger partial charge in [0.2, 0.25) is 5.91 Å². The smallest absolute Gasteiger partial charge is 0.305 e. The number of aliphatic hydroxyl groups excluding tert-OH is 2. The maximum atomic E-state index is 12.5. The van der Waals surface area contributed by atoms with E-state index in [0.29, 0.717) is 25.9 Å². The minimum atomic E-state index is -0.662. The Morgan fingerprint density at radius 1 is 0.333 bits per heavy atom. The Labute approximate surface area is 525 Å². The van der Waals surface area contributed by atoms with Crippen molar-refractivity contribution < 1.29 is 24.5 Å². The lowest BCUT2D eigenvalue weighted by Gasteiger charge is -2.22. The SMILES string of the molecule is CCC/C=C\C/C=C\CCCCCCCC(=O)OCCCCCCCCCCCCCCCCC/C=C\C/C=C\CCCCCCCCCCCCCCCCCCCC(=O)NC(CO)C(O)CCCCCCCCCCCCCCCCC. The third-order valence-corrected chi connectivity index (χ3v) is 17.6. The number of esters is 1. The van der Waals surface area contributed by atoms with Crippen molar-refractivity contribution in [2.75, 3.05) is 13.2 Å². The Morgan fingerprint density at radius 2 is 0.619 bits per heavy atom. The molecular weight excluding hydrogens is 1030 g/mol. The van der Waals surface area contributed by atoms with E-state index in [0.717, 1.165) is 57.8 Å². The second-order valence-electron chi connectivity index (χ2n) is 26.0. The minimum Gasteiger partial charge on any atom is -0.466 e. The molecule has 0 rings (SSSR count). The first-order chi connectivity index (χ1) is 41.5. The Morgan fingerprint density at radius 3 is 0.952 bits per heavy atom. The largest absolute Gasteiger partial charge is 0.466 e. The molecule has 0 aliphatic heterocycles. The number of unbranched alkanes of at least 4 members (excludes halogenated alkanes) is 52. The number of ether oxygens (including phenoxy) is 1. The second kappa shape index (κ2) is 73.3. The zero-order valence-corrected chi connectivity index (χ0v) is 56.6. The number of allylic oxidation sites excluding steroid dienone is 8. The maximum absolute atomic E-state index is 12.5. The third kappa shape index (κ3) is 68.9. The van der Waals surface area contributed by atoms with Crippen LogP contribution in [-0.2, 0) is 14.3 Å². The Balaban J connectivity index is 3.35. The van der Waals surface area contributed by atoms with Crippen LogP contribution < -0.4 is 5.32 Å². The van der Waals surface area contributed by atoms with Crippen LogP contribution in [0.2, 0.25) is 0 Å². The molecule has 3 N–H and O–H groups in total. The first-order valence-electron chi connectivity index (χ1n) is 37.9. The normalized spacial score (nSPS) is 12.8. The molecule has 0 aliphatic carbocycles. The lowest BCUT2D eigenvalue weighted by Crippen LogP contribution is -2.45. The van der Waals surface area contributed by atoms with Crippen LogP contribution in [-0.4, -0.2) is 47.4 Å². The number of nitrogens with one attached hydrogen (secondary N) is 1. The molecule has 0 bridgehead atoms. The fourth-order valence-corrected chi connectivity index (χ4v) is 11.8. The van der Waals surface area contributed by atoms with Crippen LogP contribution in [0.5, 0.6) is 0 Å². The van der Waals surface area contributed by atoms with Gasteiger partial charge in [-0.2, -0.15) is 0 Å². The highest BCUT2D eigenvalue weighted by atomic mass is 16.5. The molecule has 0 heterocycles. The molecule has 1 amide bonds. The molecule has 0 radical (unpaired) electrons. The lowest BCUT2D eigenvalue weighted by atomic mass is 10.0. The van der Waals surface area contributed by atoms with E-state index in [1.165, 1.54) is 321 Å². The summed E-state index contributed by atoms with van der Waals surface area (Å²) in [7, 11) is 0. The van der Waals surface area contributed by atoms with Gasteiger partial charge >= 0.3 is 5.97 Å². The molecule has 0 aromatic heterocycles. The van der Waals surface area contributed by atoms with Gasteiger partial charge in [-0.05, 0) is 83.5 Å². The highest BCUT2D eigenvalue weighted by Crippen LogP contribution is 2.19. The van der Waals surface area contributed by atoms with E-state index in [4.69, 9.17) is 4.74 Å². The van der Waals surface area contributed by atoms with Crippen LogP contribution in [0, 0.1) is 0 Å². The average Bonchev–Trinajstić information content (AvgIpc) is 3.53. The summed E-state index contributed by atoms with van der Waals surface area (Å²) in [4.78, 5) is 24.6. The number of rotatable bonds is 71. The predicted molar refractivity (Wildman–Crippen MR) is 370 cm³/mol. The Kier molecular flexibility index (Phi) is 71.4. The van der Waals surface area contributed by atoms with Crippen molar-refractivity contribution in [2.45, 2.75) is 424 Å². The topological polar surface area (TPSA) is 95.9 Å². The summed E-state index contributed by atoms with van der Waals surface area (Å²) in [5, 5.41) is 23.3. The van der Waals surface area contributed by atoms with Crippen molar-refractivity contribution in [1.82, 2.24) is 5.32 Å². The fraction of sp³-hybridized carbons (Fsp3) is 0.872. The van der Waals surface area contributed by atoms with Crippen molar-refractivity contribution in [2.24, 2.45) is 0 Å². The van der Waals surface area contributed by atoms with E-state index < -0.39 is 12.1 Å². The molecule has 0 aromatic rings. The van der Waals surface area contributed by atoms with E-state index in [9.17, 15) is 19.8 Å². The van der Waals surface area contributed by atoms with Gasteiger partial charge in [0.05, 0.1) is 25.4 Å². The molecule has 0 aromatic carbocycles. The van der Waals surface area contributed by atoms with Crippen LogP contribution in [0.15, 0.2) is 48.6 Å². The van der Waals surface area contributed by atoms with E-state index in [-0.39, 0.29) is 18.5 Å². The monoisotopic (exact) mass is 1180 g/mol. The summed E-state index contributed by atoms with van der Waals surface area (Å²) in [5.74, 6) is -0.0241. The van der Waals surface area contributed by atoms with Gasteiger partial charge in [0, 0.05) is 12.8 Å². The molecule has 6 nitrogen and oxygen atoms in total. The van der Waals surface area contributed by atoms with Crippen molar-refractivity contribution in [3.63, 3.8) is 0 Å². The number of carbonyl (C=O) groups excluding carboxylic acids is 2. The number of hydrogen-bond acceptors (Lipinski definition) is 5. The van der Waals surface area contributed by atoms with Crippen LogP contribution in [0.25, 0.3) is 0 Å². The number of aliphatic hydroxyl groups is 2. The van der Waals surface area contributed by atoms with Crippen molar-refractivity contribution in [3.8, 4) is 0 Å². The minimum absolute atomic E-state index is 0.00501. The molecule has 2 unspecified atom stereocenters. The van der Waals surface area contributed by atoms with E-state index in [1.807, 2.05) is 0 Å².